The van der Waals surface area contributed by atoms with Crippen LogP contribution >= 0.6 is 0 Å². The summed E-state index contributed by atoms with van der Waals surface area (Å²) in [7, 11) is 0. The Morgan fingerprint density at radius 1 is 1.40 bits per heavy atom. The molecule has 0 fully saturated rings. The second-order valence-corrected chi connectivity index (χ2v) is 2.18. The first-order valence-corrected chi connectivity index (χ1v) is 3.03. The fraction of sp³-hybridized carbons (Fsp3) is 0.250. The van der Waals surface area contributed by atoms with Crippen molar-refractivity contribution >= 4 is 0 Å². The summed E-state index contributed by atoms with van der Waals surface area (Å²) < 4.78 is 25.3. The third kappa shape index (κ3) is 1.15. The molecule has 0 nitrogen and oxygen atoms in total. The Morgan fingerprint density at radius 3 is 2.50 bits per heavy atom. The maximum Gasteiger partial charge on any atom is 0.276 e. The second-order valence-electron chi connectivity index (χ2n) is 2.18. The molecular formula is C8H8F2. The van der Waals surface area contributed by atoms with Crippen molar-refractivity contribution in [3.63, 3.8) is 0 Å². The third-order valence-corrected chi connectivity index (χ3v) is 1.45. The maximum atomic E-state index is 12.7. The Kier molecular flexibility index (Phi) is 1.70. The quantitative estimate of drug-likeness (QED) is 0.493. The summed E-state index contributed by atoms with van der Waals surface area (Å²) in [5, 5.41) is 0. The van der Waals surface area contributed by atoms with Crippen molar-refractivity contribution in [2.24, 2.45) is 5.92 Å². The molecule has 1 atom stereocenters. The van der Waals surface area contributed by atoms with Crippen LogP contribution in [0, 0.1) is 5.92 Å². The molecule has 0 spiro atoms. The Labute approximate surface area is 58.6 Å². The Bertz CT molecular complexity index is 189. The van der Waals surface area contributed by atoms with Crippen LogP contribution < -0.4 is 0 Å². The van der Waals surface area contributed by atoms with Gasteiger partial charge >= 0.3 is 0 Å². The molecule has 0 aromatic carbocycles. The third-order valence-electron chi connectivity index (χ3n) is 1.45. The van der Waals surface area contributed by atoms with E-state index in [1.807, 2.05) is 0 Å². The van der Waals surface area contributed by atoms with Crippen molar-refractivity contribution in [2.45, 2.75) is 5.92 Å². The summed E-state index contributed by atoms with van der Waals surface area (Å²) in [5.74, 6) is -3.58. The van der Waals surface area contributed by atoms with Crippen LogP contribution in [0.5, 0.6) is 0 Å². The number of hydrogen-bond donors (Lipinski definition) is 0. The first-order chi connectivity index (χ1) is 4.67. The molecule has 1 unspecified atom stereocenters. The van der Waals surface area contributed by atoms with Gasteiger partial charge in [0.25, 0.3) is 5.92 Å². The van der Waals surface area contributed by atoms with Gasteiger partial charge in [-0.25, -0.2) is 8.78 Å². The largest absolute Gasteiger partial charge is 0.276 e. The fourth-order valence-electron chi connectivity index (χ4n) is 0.843. The monoisotopic (exact) mass is 142 g/mol. The predicted octanol–water partition coefficient (Wildman–Crippen LogP) is 2.55. The van der Waals surface area contributed by atoms with Crippen LogP contribution in [0.3, 0.4) is 0 Å². The van der Waals surface area contributed by atoms with Crippen molar-refractivity contribution in [1.82, 2.24) is 0 Å². The lowest BCUT2D eigenvalue weighted by atomic mass is 9.97. The minimum absolute atomic E-state index is 0.836. The fourth-order valence-corrected chi connectivity index (χ4v) is 0.843. The van der Waals surface area contributed by atoms with Crippen LogP contribution in [0.2, 0.25) is 0 Å². The molecule has 0 bridgehead atoms. The molecule has 1 aliphatic carbocycles. The summed E-state index contributed by atoms with van der Waals surface area (Å²) in [6.45, 7) is 3.31. The standard InChI is InChI=1S/C8H8F2/c1-2-7-5-3-4-6-8(7,9)10/h2-7H,1H2. The molecule has 1 rings (SSSR count). The van der Waals surface area contributed by atoms with Gasteiger partial charge in [-0.1, -0.05) is 24.3 Å². The molecule has 0 saturated carbocycles. The Balaban J connectivity index is 2.84. The molecule has 0 radical (unpaired) electrons. The van der Waals surface area contributed by atoms with Crippen LogP contribution in [0.4, 0.5) is 8.78 Å². The molecule has 1 aliphatic rings. The van der Waals surface area contributed by atoms with E-state index >= 15 is 0 Å². The predicted molar refractivity (Wildman–Crippen MR) is 36.9 cm³/mol. The van der Waals surface area contributed by atoms with E-state index in [2.05, 4.69) is 6.58 Å². The Hall–Kier alpha value is -0.920. The highest BCUT2D eigenvalue weighted by molar-refractivity contribution is 5.21. The van der Waals surface area contributed by atoms with E-state index in [1.165, 1.54) is 18.2 Å². The molecule has 54 valence electrons. The molecule has 0 aromatic rings. The zero-order valence-electron chi connectivity index (χ0n) is 5.43. The lowest BCUT2D eigenvalue weighted by molar-refractivity contribution is 0.0270. The molecule has 0 amide bonds. The summed E-state index contributed by atoms with van der Waals surface area (Å²) in [6, 6.07) is 0. The topological polar surface area (TPSA) is 0 Å². The molecule has 0 aromatic heterocycles. The minimum atomic E-state index is -2.74. The van der Waals surface area contributed by atoms with E-state index < -0.39 is 11.8 Å². The highest BCUT2D eigenvalue weighted by atomic mass is 19.3. The van der Waals surface area contributed by atoms with Crippen LogP contribution in [0.1, 0.15) is 0 Å². The zero-order chi connectivity index (χ0) is 7.61. The normalized spacial score (nSPS) is 28.4. The molecule has 2 heteroatoms. The summed E-state index contributed by atoms with van der Waals surface area (Å²) >= 11 is 0. The SMILES string of the molecule is C=CC1C=CC=CC1(F)F. The smallest absolute Gasteiger partial charge is 0.201 e. The van der Waals surface area contributed by atoms with Gasteiger partial charge in [-0.2, -0.15) is 0 Å². The number of allylic oxidation sites excluding steroid dienone is 5. The number of halogens is 2. The molecular weight excluding hydrogens is 134 g/mol. The molecule has 0 N–H and O–H groups in total. The molecule has 10 heavy (non-hydrogen) atoms. The first-order valence-electron chi connectivity index (χ1n) is 3.03. The van der Waals surface area contributed by atoms with Crippen LogP contribution in [0.15, 0.2) is 37.0 Å². The van der Waals surface area contributed by atoms with Gasteiger partial charge in [-0.15, -0.1) is 6.58 Å². The average Bonchev–Trinajstić information content (AvgIpc) is 1.87. The highest BCUT2D eigenvalue weighted by Gasteiger charge is 2.33. The van der Waals surface area contributed by atoms with Crippen molar-refractivity contribution < 1.29 is 8.78 Å². The minimum Gasteiger partial charge on any atom is -0.201 e. The summed E-state index contributed by atoms with van der Waals surface area (Å²) in [5.41, 5.74) is 0. The van der Waals surface area contributed by atoms with Gasteiger partial charge in [0.05, 0.1) is 5.92 Å². The lowest BCUT2D eigenvalue weighted by Crippen LogP contribution is -2.23. The van der Waals surface area contributed by atoms with E-state index in [-0.39, 0.29) is 0 Å². The summed E-state index contributed by atoms with van der Waals surface area (Å²) in [4.78, 5) is 0. The molecule has 0 heterocycles. The van der Waals surface area contributed by atoms with Crippen molar-refractivity contribution in [2.75, 3.05) is 0 Å². The van der Waals surface area contributed by atoms with Gasteiger partial charge < -0.3 is 0 Å². The first kappa shape index (κ1) is 7.19. The lowest BCUT2D eigenvalue weighted by Gasteiger charge is -2.19. The van der Waals surface area contributed by atoms with Gasteiger partial charge in [-0.3, -0.25) is 0 Å². The average molecular weight is 142 g/mol. The van der Waals surface area contributed by atoms with Crippen LogP contribution in [-0.4, -0.2) is 5.92 Å². The maximum absolute atomic E-state index is 12.7. The molecule has 0 aliphatic heterocycles. The number of rotatable bonds is 1. The van der Waals surface area contributed by atoms with Gasteiger partial charge in [0, 0.05) is 0 Å². The zero-order valence-corrected chi connectivity index (χ0v) is 5.43. The number of alkyl halides is 2. The van der Waals surface area contributed by atoms with Crippen molar-refractivity contribution in [1.29, 1.82) is 0 Å². The van der Waals surface area contributed by atoms with E-state index in [1.54, 1.807) is 6.08 Å². The van der Waals surface area contributed by atoms with E-state index in [0.29, 0.717) is 0 Å². The number of hydrogen-bond acceptors (Lipinski definition) is 0. The van der Waals surface area contributed by atoms with Gasteiger partial charge in [0.1, 0.15) is 0 Å². The van der Waals surface area contributed by atoms with E-state index in [0.717, 1.165) is 6.08 Å². The Morgan fingerprint density at radius 2 is 2.10 bits per heavy atom. The van der Waals surface area contributed by atoms with Gasteiger partial charge in [0.2, 0.25) is 0 Å². The van der Waals surface area contributed by atoms with Gasteiger partial charge in [-0.05, 0) is 6.08 Å². The van der Waals surface area contributed by atoms with Crippen LogP contribution in [-0.2, 0) is 0 Å². The highest BCUT2D eigenvalue weighted by Crippen LogP contribution is 2.30. The van der Waals surface area contributed by atoms with Gasteiger partial charge in [0.15, 0.2) is 0 Å². The van der Waals surface area contributed by atoms with Crippen molar-refractivity contribution in [3.8, 4) is 0 Å². The van der Waals surface area contributed by atoms with E-state index in [9.17, 15) is 8.78 Å². The molecule has 0 saturated heterocycles. The van der Waals surface area contributed by atoms with Crippen molar-refractivity contribution in [3.05, 3.63) is 37.0 Å². The van der Waals surface area contributed by atoms with Crippen LogP contribution in [0.25, 0.3) is 0 Å². The van der Waals surface area contributed by atoms with E-state index in [4.69, 9.17) is 0 Å². The summed E-state index contributed by atoms with van der Waals surface area (Å²) in [6.07, 6.45) is 6.52. The second kappa shape index (κ2) is 2.37.